The molecular weight excluding hydrogens is 200 g/mol. The molecule has 1 aliphatic rings. The number of rotatable bonds is 5. The van der Waals surface area contributed by atoms with Crippen molar-refractivity contribution in [1.29, 1.82) is 0 Å². The summed E-state index contributed by atoms with van der Waals surface area (Å²) in [5, 5.41) is 0. The van der Waals surface area contributed by atoms with Gasteiger partial charge in [-0.05, 0) is 13.0 Å². The summed E-state index contributed by atoms with van der Waals surface area (Å²) in [4.78, 5) is 23.5. The Kier molecular flexibility index (Phi) is 4.36. The van der Waals surface area contributed by atoms with Crippen LogP contribution in [-0.4, -0.2) is 49.8 Å². The molecule has 1 fully saturated rings. The molecule has 2 N–H and O–H groups in total. The Morgan fingerprint density at radius 2 is 2.47 bits per heavy atom. The topological polar surface area (TPSA) is 81.9 Å². The first kappa shape index (κ1) is 11.8. The van der Waals surface area contributed by atoms with Gasteiger partial charge in [-0.15, -0.1) is 0 Å². The zero-order chi connectivity index (χ0) is 11.3. The van der Waals surface area contributed by atoms with Crippen LogP contribution >= 0.6 is 0 Å². The third-order valence-electron chi connectivity index (χ3n) is 2.07. The van der Waals surface area contributed by atoms with Crippen LogP contribution in [0.3, 0.4) is 0 Å². The third-order valence-corrected chi connectivity index (χ3v) is 2.07. The summed E-state index contributed by atoms with van der Waals surface area (Å²) in [7, 11) is 1.64. The molecule has 0 radical (unpaired) electrons. The number of likely N-dealkylation sites (N-methyl/N-ethyl adjacent to an activating group) is 1. The van der Waals surface area contributed by atoms with Crippen molar-refractivity contribution in [1.82, 2.24) is 4.90 Å². The molecular formula is C9H16N2O4. The first-order valence-corrected chi connectivity index (χ1v) is 4.91. The van der Waals surface area contributed by atoms with Crippen LogP contribution in [-0.2, 0) is 14.3 Å². The predicted octanol–water partition coefficient (Wildman–Crippen LogP) is -0.281. The quantitative estimate of drug-likeness (QED) is 0.639. The van der Waals surface area contributed by atoms with Crippen molar-refractivity contribution in [3.05, 3.63) is 0 Å². The summed E-state index contributed by atoms with van der Waals surface area (Å²) >= 11 is 0. The van der Waals surface area contributed by atoms with Gasteiger partial charge in [-0.3, -0.25) is 4.79 Å². The number of esters is 1. The fraction of sp³-hybridized carbons (Fsp3) is 0.778. The molecule has 0 unspecified atom stereocenters. The van der Waals surface area contributed by atoms with E-state index in [1.807, 2.05) is 0 Å². The summed E-state index contributed by atoms with van der Waals surface area (Å²) in [6.07, 6.45) is 0.207. The zero-order valence-corrected chi connectivity index (χ0v) is 8.77. The lowest BCUT2D eigenvalue weighted by atomic mass is 10.3. The Balaban J connectivity index is 2.15. The van der Waals surface area contributed by atoms with Gasteiger partial charge in [-0.25, -0.2) is 4.79 Å². The van der Waals surface area contributed by atoms with Crippen molar-refractivity contribution >= 4 is 12.1 Å². The van der Waals surface area contributed by atoms with E-state index in [1.165, 1.54) is 4.90 Å². The molecule has 0 aromatic rings. The van der Waals surface area contributed by atoms with E-state index in [0.717, 1.165) is 0 Å². The van der Waals surface area contributed by atoms with Gasteiger partial charge in [0.1, 0.15) is 6.61 Å². The second kappa shape index (κ2) is 5.55. The van der Waals surface area contributed by atoms with Gasteiger partial charge in [-0.1, -0.05) is 0 Å². The number of cyclic esters (lactones) is 1. The van der Waals surface area contributed by atoms with Gasteiger partial charge >= 0.3 is 12.1 Å². The van der Waals surface area contributed by atoms with Crippen LogP contribution in [0, 0.1) is 0 Å². The number of ether oxygens (including phenoxy) is 2. The number of hydrogen-bond acceptors (Lipinski definition) is 5. The molecule has 0 bridgehead atoms. The summed E-state index contributed by atoms with van der Waals surface area (Å²) < 4.78 is 9.84. The first-order valence-electron chi connectivity index (χ1n) is 4.91. The molecule has 1 aliphatic heterocycles. The average molecular weight is 216 g/mol. The van der Waals surface area contributed by atoms with Crippen LogP contribution < -0.4 is 5.73 Å². The van der Waals surface area contributed by atoms with Crippen LogP contribution in [0.25, 0.3) is 0 Å². The van der Waals surface area contributed by atoms with Gasteiger partial charge in [-0.2, -0.15) is 0 Å². The zero-order valence-electron chi connectivity index (χ0n) is 8.77. The van der Waals surface area contributed by atoms with Crippen LogP contribution in [0.5, 0.6) is 0 Å². The average Bonchev–Trinajstić information content (AvgIpc) is 2.52. The number of hydrogen-bond donors (Lipinski definition) is 1. The van der Waals surface area contributed by atoms with E-state index < -0.39 is 0 Å². The summed E-state index contributed by atoms with van der Waals surface area (Å²) in [6, 6.07) is 0. The minimum atomic E-state index is -0.377. The largest absolute Gasteiger partial charge is 0.462 e. The molecule has 6 heteroatoms. The summed E-state index contributed by atoms with van der Waals surface area (Å²) in [5.74, 6) is -0.300. The molecule has 1 rings (SSSR count). The highest BCUT2D eigenvalue weighted by atomic mass is 16.6. The second-order valence-electron chi connectivity index (χ2n) is 3.46. The molecule has 1 heterocycles. The van der Waals surface area contributed by atoms with E-state index >= 15 is 0 Å². The van der Waals surface area contributed by atoms with Gasteiger partial charge in [0.05, 0.1) is 6.54 Å². The molecule has 0 aromatic heterocycles. The van der Waals surface area contributed by atoms with E-state index in [2.05, 4.69) is 0 Å². The van der Waals surface area contributed by atoms with Gasteiger partial charge < -0.3 is 20.1 Å². The Hall–Kier alpha value is -1.30. The molecule has 1 amide bonds. The monoisotopic (exact) mass is 216 g/mol. The number of amides is 1. The molecule has 0 aromatic carbocycles. The lowest BCUT2D eigenvalue weighted by molar-refractivity contribution is -0.146. The summed E-state index contributed by atoms with van der Waals surface area (Å²) in [6.45, 7) is 1.05. The van der Waals surface area contributed by atoms with Crippen LogP contribution in [0.4, 0.5) is 4.79 Å². The van der Waals surface area contributed by atoms with E-state index in [9.17, 15) is 9.59 Å². The van der Waals surface area contributed by atoms with Crippen molar-refractivity contribution in [3.63, 3.8) is 0 Å². The molecule has 0 saturated carbocycles. The number of carbonyl (C=O) groups excluding carboxylic acids is 2. The maximum atomic E-state index is 11.1. The summed E-state index contributed by atoms with van der Waals surface area (Å²) in [5.41, 5.74) is 5.25. The third kappa shape index (κ3) is 3.75. The maximum absolute atomic E-state index is 11.1. The van der Waals surface area contributed by atoms with E-state index in [-0.39, 0.29) is 24.8 Å². The second-order valence-corrected chi connectivity index (χ2v) is 3.46. The van der Waals surface area contributed by atoms with Crippen molar-refractivity contribution in [3.8, 4) is 0 Å². The standard InChI is InChI=1S/C9H16N2O4/c1-11-5-7(15-9(11)13)6-14-8(12)3-2-4-10/h7H,2-6,10H2,1H3/t7-/m1/s1. The molecule has 0 aliphatic carbocycles. The van der Waals surface area contributed by atoms with Gasteiger partial charge in [0.2, 0.25) is 0 Å². The smallest absolute Gasteiger partial charge is 0.410 e. The van der Waals surface area contributed by atoms with Crippen LogP contribution in [0.1, 0.15) is 12.8 Å². The fourth-order valence-electron chi connectivity index (χ4n) is 1.24. The van der Waals surface area contributed by atoms with Gasteiger partial charge in [0.25, 0.3) is 0 Å². The van der Waals surface area contributed by atoms with Gasteiger partial charge in [0, 0.05) is 13.5 Å². The lowest BCUT2D eigenvalue weighted by Gasteiger charge is -2.08. The molecule has 1 atom stereocenters. The highest BCUT2D eigenvalue weighted by Gasteiger charge is 2.28. The van der Waals surface area contributed by atoms with Crippen molar-refractivity contribution < 1.29 is 19.1 Å². The molecule has 0 spiro atoms. The van der Waals surface area contributed by atoms with Crippen molar-refractivity contribution in [2.45, 2.75) is 18.9 Å². The predicted molar refractivity (Wildman–Crippen MR) is 52.1 cm³/mol. The number of nitrogens with zero attached hydrogens (tertiary/aromatic N) is 1. The minimum absolute atomic E-state index is 0.124. The Morgan fingerprint density at radius 3 is 3.00 bits per heavy atom. The van der Waals surface area contributed by atoms with Crippen molar-refractivity contribution in [2.24, 2.45) is 5.73 Å². The van der Waals surface area contributed by atoms with Crippen molar-refractivity contribution in [2.75, 3.05) is 26.7 Å². The Bertz CT molecular complexity index is 244. The molecule has 1 saturated heterocycles. The Labute approximate surface area is 88.3 Å². The Morgan fingerprint density at radius 1 is 1.73 bits per heavy atom. The maximum Gasteiger partial charge on any atom is 0.410 e. The molecule has 15 heavy (non-hydrogen) atoms. The fourth-order valence-corrected chi connectivity index (χ4v) is 1.24. The lowest BCUT2D eigenvalue weighted by Crippen LogP contribution is -2.23. The molecule has 6 nitrogen and oxygen atoms in total. The normalized spacial score (nSPS) is 20.3. The molecule has 86 valence electrons. The SMILES string of the molecule is CN1C[C@H](COC(=O)CCCN)OC1=O. The highest BCUT2D eigenvalue weighted by molar-refractivity contribution is 5.70. The number of carbonyl (C=O) groups is 2. The van der Waals surface area contributed by atoms with Gasteiger partial charge in [0.15, 0.2) is 6.10 Å². The minimum Gasteiger partial charge on any atom is -0.462 e. The number of nitrogens with two attached hydrogens (primary N) is 1. The first-order chi connectivity index (χ1) is 7.13. The van der Waals surface area contributed by atoms with Crippen LogP contribution in [0.2, 0.25) is 0 Å². The van der Waals surface area contributed by atoms with E-state index in [4.69, 9.17) is 15.2 Å². The highest BCUT2D eigenvalue weighted by Crippen LogP contribution is 2.09. The van der Waals surface area contributed by atoms with E-state index in [1.54, 1.807) is 7.05 Å². The van der Waals surface area contributed by atoms with E-state index in [0.29, 0.717) is 25.9 Å². The van der Waals surface area contributed by atoms with Crippen LogP contribution in [0.15, 0.2) is 0 Å².